The number of nitrogens with two attached hydrogens (primary N) is 1. The van der Waals surface area contributed by atoms with Gasteiger partial charge in [0.15, 0.2) is 10.4 Å². The molecule has 0 unspecified atom stereocenters. The van der Waals surface area contributed by atoms with Crippen molar-refractivity contribution in [3.05, 3.63) is 68.2 Å². The summed E-state index contributed by atoms with van der Waals surface area (Å²) in [5.74, 6) is -1.59. The Kier molecular flexibility index (Phi) is 4.91. The molecule has 0 aliphatic carbocycles. The monoisotopic (exact) mass is 379 g/mol. The first-order valence-electron chi connectivity index (χ1n) is 6.19. The van der Waals surface area contributed by atoms with E-state index in [4.69, 9.17) is 10.2 Å². The molecule has 0 aliphatic heterocycles. The minimum atomic E-state index is -0.893. The summed E-state index contributed by atoms with van der Waals surface area (Å²) in [6, 6.07) is 8.47. The number of nitro groups is 1. The van der Waals surface area contributed by atoms with Crippen LogP contribution in [0.4, 0.5) is 5.69 Å². The number of hydrogen-bond acceptors (Lipinski definition) is 5. The third-order valence-corrected chi connectivity index (χ3v) is 3.13. The number of hydrogen-bond donors (Lipinski definition) is 2. The highest BCUT2D eigenvalue weighted by molar-refractivity contribution is 9.10. The van der Waals surface area contributed by atoms with Crippen LogP contribution in [-0.2, 0) is 4.79 Å². The average Bonchev–Trinajstić information content (AvgIpc) is 2.93. The molecule has 0 spiro atoms. The maximum absolute atomic E-state index is 12.0. The van der Waals surface area contributed by atoms with E-state index in [0.717, 1.165) is 0 Å². The fraction of sp³-hybridized carbons (Fsp3) is 0. The van der Waals surface area contributed by atoms with Gasteiger partial charge >= 0.3 is 0 Å². The Labute approximate surface area is 138 Å². The Morgan fingerprint density at radius 2 is 2.04 bits per heavy atom. The van der Waals surface area contributed by atoms with Gasteiger partial charge in [-0.2, -0.15) is 0 Å². The molecule has 2 rings (SSSR count). The molecule has 1 aromatic heterocycles. The summed E-state index contributed by atoms with van der Waals surface area (Å²) in [6.45, 7) is 0. The highest BCUT2D eigenvalue weighted by Crippen LogP contribution is 2.16. The summed E-state index contributed by atoms with van der Waals surface area (Å²) in [5, 5.41) is 13.1. The lowest BCUT2D eigenvalue weighted by Gasteiger charge is -2.05. The molecule has 0 aliphatic rings. The van der Waals surface area contributed by atoms with Crippen LogP contribution in [0.2, 0.25) is 0 Å². The topological polar surface area (TPSA) is 128 Å². The number of amides is 2. The van der Waals surface area contributed by atoms with Gasteiger partial charge in [0.2, 0.25) is 0 Å². The number of nitrogens with one attached hydrogen (secondary N) is 1. The standard InChI is InChI=1S/C14H10BrN3O5/c15-12-5-4-11(23-12)14(20)17-10(13(16)19)7-8-2-1-3-9(6-8)18(21)22/h1-7H,(H2,16,19)(H,17,20)/b10-7+. The number of nitro benzene ring substituents is 1. The number of carbonyl (C=O) groups is 2. The second-order valence-electron chi connectivity index (χ2n) is 4.33. The van der Waals surface area contributed by atoms with Crippen LogP contribution in [0.5, 0.6) is 0 Å². The maximum Gasteiger partial charge on any atom is 0.291 e. The van der Waals surface area contributed by atoms with E-state index in [1.807, 2.05) is 0 Å². The molecule has 2 aromatic rings. The molecule has 8 nitrogen and oxygen atoms in total. The number of furan rings is 1. The molecule has 3 N–H and O–H groups in total. The highest BCUT2D eigenvalue weighted by atomic mass is 79.9. The summed E-state index contributed by atoms with van der Waals surface area (Å²) in [7, 11) is 0. The van der Waals surface area contributed by atoms with Crippen molar-refractivity contribution in [1.29, 1.82) is 0 Å². The zero-order valence-corrected chi connectivity index (χ0v) is 13.1. The van der Waals surface area contributed by atoms with Crippen LogP contribution < -0.4 is 11.1 Å². The van der Waals surface area contributed by atoms with Crippen LogP contribution in [0.1, 0.15) is 16.1 Å². The zero-order chi connectivity index (χ0) is 17.0. The minimum absolute atomic E-state index is 0.0249. The molecular weight excluding hydrogens is 370 g/mol. The SMILES string of the molecule is NC(=O)/C(=C\c1cccc([N+](=O)[O-])c1)NC(=O)c1ccc(Br)o1. The van der Waals surface area contributed by atoms with Crippen LogP contribution in [0, 0.1) is 10.1 Å². The lowest BCUT2D eigenvalue weighted by Crippen LogP contribution is -2.30. The number of non-ortho nitro benzene ring substituents is 1. The van der Waals surface area contributed by atoms with Gasteiger partial charge in [-0.1, -0.05) is 12.1 Å². The molecule has 0 radical (unpaired) electrons. The van der Waals surface area contributed by atoms with E-state index in [-0.39, 0.29) is 17.1 Å². The molecule has 0 bridgehead atoms. The Bertz CT molecular complexity index is 812. The van der Waals surface area contributed by atoms with Crippen LogP contribution in [0.15, 0.2) is 51.2 Å². The molecule has 118 valence electrons. The molecule has 1 aromatic carbocycles. The van der Waals surface area contributed by atoms with Gasteiger partial charge in [-0.05, 0) is 39.7 Å². The number of rotatable bonds is 5. The smallest absolute Gasteiger partial charge is 0.291 e. The van der Waals surface area contributed by atoms with Crippen molar-refractivity contribution in [2.75, 3.05) is 0 Å². The van der Waals surface area contributed by atoms with Crippen LogP contribution >= 0.6 is 15.9 Å². The van der Waals surface area contributed by atoms with Gasteiger partial charge in [-0.25, -0.2) is 0 Å². The van der Waals surface area contributed by atoms with E-state index >= 15 is 0 Å². The summed E-state index contributed by atoms with van der Waals surface area (Å²) in [6.07, 6.45) is 1.24. The molecular formula is C14H10BrN3O5. The minimum Gasteiger partial charge on any atom is -0.444 e. The van der Waals surface area contributed by atoms with Crippen molar-refractivity contribution in [2.24, 2.45) is 5.73 Å². The molecule has 2 amide bonds. The lowest BCUT2D eigenvalue weighted by atomic mass is 10.1. The van der Waals surface area contributed by atoms with Crippen molar-refractivity contribution in [3.63, 3.8) is 0 Å². The second-order valence-corrected chi connectivity index (χ2v) is 5.11. The third kappa shape index (κ3) is 4.27. The van der Waals surface area contributed by atoms with E-state index in [1.165, 1.54) is 42.5 Å². The molecule has 0 atom stereocenters. The Hall–Kier alpha value is -2.94. The van der Waals surface area contributed by atoms with Crippen LogP contribution in [-0.4, -0.2) is 16.7 Å². The van der Waals surface area contributed by atoms with E-state index in [0.29, 0.717) is 10.2 Å². The predicted octanol–water partition coefficient (Wildman–Crippen LogP) is 2.21. The molecule has 1 heterocycles. The highest BCUT2D eigenvalue weighted by Gasteiger charge is 2.15. The summed E-state index contributed by atoms with van der Waals surface area (Å²) in [5.41, 5.74) is 5.19. The summed E-state index contributed by atoms with van der Waals surface area (Å²) < 4.78 is 5.42. The quantitative estimate of drug-likeness (QED) is 0.467. The van der Waals surface area contributed by atoms with Gasteiger partial charge < -0.3 is 15.5 Å². The van der Waals surface area contributed by atoms with Crippen LogP contribution in [0.3, 0.4) is 0 Å². The number of benzene rings is 1. The van der Waals surface area contributed by atoms with Gasteiger partial charge in [0.1, 0.15) is 5.70 Å². The van der Waals surface area contributed by atoms with Crippen molar-refractivity contribution in [3.8, 4) is 0 Å². The first kappa shape index (κ1) is 16.4. The molecule has 0 saturated carbocycles. The lowest BCUT2D eigenvalue weighted by molar-refractivity contribution is -0.384. The summed E-state index contributed by atoms with van der Waals surface area (Å²) in [4.78, 5) is 33.6. The van der Waals surface area contributed by atoms with Gasteiger partial charge in [0.25, 0.3) is 17.5 Å². The van der Waals surface area contributed by atoms with E-state index in [1.54, 1.807) is 0 Å². The average molecular weight is 380 g/mol. The number of carbonyl (C=O) groups excluding carboxylic acids is 2. The van der Waals surface area contributed by atoms with Gasteiger partial charge in [-0.15, -0.1) is 0 Å². The van der Waals surface area contributed by atoms with Gasteiger partial charge in [0, 0.05) is 12.1 Å². The Morgan fingerprint density at radius 3 is 2.61 bits per heavy atom. The fourth-order valence-corrected chi connectivity index (χ4v) is 1.99. The molecule has 0 saturated heterocycles. The van der Waals surface area contributed by atoms with Crippen molar-refractivity contribution in [1.82, 2.24) is 5.32 Å². The summed E-state index contributed by atoms with van der Waals surface area (Å²) >= 11 is 3.05. The van der Waals surface area contributed by atoms with E-state index in [9.17, 15) is 19.7 Å². The first-order valence-corrected chi connectivity index (χ1v) is 6.99. The van der Waals surface area contributed by atoms with E-state index in [2.05, 4.69) is 21.2 Å². The number of primary amides is 1. The fourth-order valence-electron chi connectivity index (χ4n) is 1.68. The van der Waals surface area contributed by atoms with Gasteiger partial charge in [0.05, 0.1) is 4.92 Å². The zero-order valence-electron chi connectivity index (χ0n) is 11.5. The predicted molar refractivity (Wildman–Crippen MR) is 84.1 cm³/mol. The molecule has 9 heteroatoms. The largest absolute Gasteiger partial charge is 0.444 e. The van der Waals surface area contributed by atoms with E-state index < -0.39 is 16.7 Å². The third-order valence-electron chi connectivity index (χ3n) is 2.70. The maximum atomic E-state index is 12.0. The normalized spacial score (nSPS) is 11.1. The van der Waals surface area contributed by atoms with Crippen LogP contribution in [0.25, 0.3) is 6.08 Å². The number of nitrogens with zero attached hydrogens (tertiary/aromatic N) is 1. The first-order chi connectivity index (χ1) is 10.9. The van der Waals surface area contributed by atoms with Crippen molar-refractivity contribution < 1.29 is 18.9 Å². The van der Waals surface area contributed by atoms with Crippen molar-refractivity contribution in [2.45, 2.75) is 0 Å². The Balaban J connectivity index is 2.27. The van der Waals surface area contributed by atoms with Gasteiger partial charge in [-0.3, -0.25) is 19.7 Å². The number of halogens is 1. The molecule has 23 heavy (non-hydrogen) atoms. The Morgan fingerprint density at radius 1 is 1.30 bits per heavy atom. The molecule has 0 fully saturated rings. The second kappa shape index (κ2) is 6.88. The van der Waals surface area contributed by atoms with Crippen molar-refractivity contribution >= 4 is 39.5 Å².